The number of hydrogen-bond donors (Lipinski definition) is 2. The van der Waals surface area contributed by atoms with Crippen molar-refractivity contribution < 1.29 is 23.0 Å². The average molecular weight is 331 g/mol. The van der Waals surface area contributed by atoms with Crippen molar-refractivity contribution in [3.8, 4) is 0 Å². The molecule has 1 unspecified atom stereocenters. The van der Waals surface area contributed by atoms with E-state index in [1.165, 1.54) is 12.1 Å². The number of nitrogens with one attached hydrogen (secondary N) is 1. The van der Waals surface area contributed by atoms with Crippen LogP contribution in [-0.2, 0) is 10.9 Å². The highest BCUT2D eigenvalue weighted by Crippen LogP contribution is 2.37. The number of rotatable bonds is 5. The molecule has 23 heavy (non-hydrogen) atoms. The summed E-state index contributed by atoms with van der Waals surface area (Å²) in [5.41, 5.74) is -0.646. The van der Waals surface area contributed by atoms with Crippen LogP contribution in [0.3, 0.4) is 0 Å². The maximum Gasteiger partial charge on any atom is 0.416 e. The average Bonchev–Trinajstić information content (AvgIpc) is 2.39. The number of aliphatic hydroxyl groups is 1. The van der Waals surface area contributed by atoms with Gasteiger partial charge in [-0.05, 0) is 23.1 Å². The first-order chi connectivity index (χ1) is 10.6. The van der Waals surface area contributed by atoms with Gasteiger partial charge in [-0.1, -0.05) is 32.9 Å². The molecule has 1 aliphatic heterocycles. The van der Waals surface area contributed by atoms with Crippen LogP contribution in [0.5, 0.6) is 0 Å². The van der Waals surface area contributed by atoms with Crippen LogP contribution in [0.4, 0.5) is 13.2 Å². The summed E-state index contributed by atoms with van der Waals surface area (Å²) in [6, 6.07) is 5.17. The lowest BCUT2D eigenvalue weighted by atomic mass is 9.80. The Morgan fingerprint density at radius 3 is 2.35 bits per heavy atom. The normalized spacial score (nSPS) is 19.3. The highest BCUT2D eigenvalue weighted by atomic mass is 19.4. The maximum absolute atomic E-state index is 13.0. The standard InChI is InChI=1S/C17H24F3NO2/c1-15(2,3)14(21-8-16(9-22)10-23-11-16)12-5-4-6-13(7-12)17(18,19)20/h4-7,14,21-22H,8-11H2,1-3H3. The summed E-state index contributed by atoms with van der Waals surface area (Å²) in [6.45, 7) is 7.38. The summed E-state index contributed by atoms with van der Waals surface area (Å²) < 4.78 is 44.0. The van der Waals surface area contributed by atoms with Crippen molar-refractivity contribution in [3.63, 3.8) is 0 Å². The monoisotopic (exact) mass is 331 g/mol. The fraction of sp³-hybridized carbons (Fsp3) is 0.647. The second-order valence-electron chi connectivity index (χ2n) is 7.45. The first-order valence-electron chi connectivity index (χ1n) is 7.67. The summed E-state index contributed by atoms with van der Waals surface area (Å²) >= 11 is 0. The summed E-state index contributed by atoms with van der Waals surface area (Å²) in [5, 5.41) is 12.8. The molecule has 0 aliphatic carbocycles. The Balaban J connectivity index is 2.22. The first-order valence-corrected chi connectivity index (χ1v) is 7.67. The van der Waals surface area contributed by atoms with Crippen LogP contribution in [0.25, 0.3) is 0 Å². The highest BCUT2D eigenvalue weighted by Gasteiger charge is 2.40. The summed E-state index contributed by atoms with van der Waals surface area (Å²) in [5.74, 6) is 0. The van der Waals surface area contributed by atoms with Gasteiger partial charge in [0.1, 0.15) is 0 Å². The number of ether oxygens (including phenoxy) is 1. The first kappa shape index (κ1) is 18.2. The van der Waals surface area contributed by atoms with Crippen molar-refractivity contribution >= 4 is 0 Å². The van der Waals surface area contributed by atoms with Gasteiger partial charge in [0.15, 0.2) is 0 Å². The van der Waals surface area contributed by atoms with Gasteiger partial charge in [-0.25, -0.2) is 0 Å². The minimum atomic E-state index is -4.35. The molecule has 1 aliphatic rings. The van der Waals surface area contributed by atoms with Gasteiger partial charge < -0.3 is 15.2 Å². The summed E-state index contributed by atoms with van der Waals surface area (Å²) in [6.07, 6.45) is -4.35. The zero-order valence-corrected chi connectivity index (χ0v) is 13.7. The molecule has 6 heteroatoms. The van der Waals surface area contributed by atoms with E-state index < -0.39 is 11.7 Å². The van der Waals surface area contributed by atoms with E-state index in [0.29, 0.717) is 25.3 Å². The fourth-order valence-corrected chi connectivity index (χ4v) is 2.78. The fourth-order valence-electron chi connectivity index (χ4n) is 2.78. The zero-order valence-electron chi connectivity index (χ0n) is 13.7. The Morgan fingerprint density at radius 2 is 1.91 bits per heavy atom. The van der Waals surface area contributed by atoms with E-state index in [-0.39, 0.29) is 23.5 Å². The van der Waals surface area contributed by atoms with Crippen LogP contribution in [0.15, 0.2) is 24.3 Å². The van der Waals surface area contributed by atoms with E-state index in [4.69, 9.17) is 4.74 Å². The van der Waals surface area contributed by atoms with Crippen LogP contribution in [0.2, 0.25) is 0 Å². The lowest BCUT2D eigenvalue weighted by Crippen LogP contribution is -2.53. The van der Waals surface area contributed by atoms with Crippen molar-refractivity contribution in [1.82, 2.24) is 5.32 Å². The van der Waals surface area contributed by atoms with Crippen molar-refractivity contribution in [1.29, 1.82) is 0 Å². The maximum atomic E-state index is 13.0. The predicted molar refractivity (Wildman–Crippen MR) is 82.0 cm³/mol. The minimum absolute atomic E-state index is 0.000542. The second-order valence-corrected chi connectivity index (χ2v) is 7.45. The van der Waals surface area contributed by atoms with Crippen molar-refractivity contribution in [3.05, 3.63) is 35.4 Å². The molecule has 2 N–H and O–H groups in total. The van der Waals surface area contributed by atoms with Gasteiger partial charge in [0.25, 0.3) is 0 Å². The van der Waals surface area contributed by atoms with Gasteiger partial charge in [-0.3, -0.25) is 0 Å². The van der Waals surface area contributed by atoms with Crippen molar-refractivity contribution in [2.75, 3.05) is 26.4 Å². The van der Waals surface area contributed by atoms with E-state index in [1.807, 2.05) is 20.8 Å². The lowest BCUT2D eigenvalue weighted by molar-refractivity contribution is -0.137. The number of alkyl halides is 3. The van der Waals surface area contributed by atoms with E-state index >= 15 is 0 Å². The molecule has 3 nitrogen and oxygen atoms in total. The van der Waals surface area contributed by atoms with Gasteiger partial charge in [0, 0.05) is 12.6 Å². The molecule has 1 aromatic carbocycles. The number of hydrogen-bond acceptors (Lipinski definition) is 3. The third-order valence-corrected chi connectivity index (χ3v) is 4.25. The highest BCUT2D eigenvalue weighted by molar-refractivity contribution is 5.29. The smallest absolute Gasteiger partial charge is 0.396 e. The van der Waals surface area contributed by atoms with Gasteiger partial charge >= 0.3 is 6.18 Å². The van der Waals surface area contributed by atoms with Crippen LogP contribution >= 0.6 is 0 Å². The molecule has 130 valence electrons. The largest absolute Gasteiger partial charge is 0.416 e. The Kier molecular flexibility index (Phi) is 5.09. The summed E-state index contributed by atoms with van der Waals surface area (Å²) in [7, 11) is 0. The second kappa shape index (κ2) is 6.42. The molecule has 1 aromatic rings. The number of aliphatic hydroxyl groups excluding tert-OH is 1. The molecule has 1 atom stereocenters. The molecule has 0 amide bonds. The quantitative estimate of drug-likeness (QED) is 0.869. The van der Waals surface area contributed by atoms with E-state index in [2.05, 4.69) is 5.32 Å². The lowest BCUT2D eigenvalue weighted by Gasteiger charge is -2.43. The third kappa shape index (κ3) is 4.25. The molecule has 2 rings (SSSR count). The topological polar surface area (TPSA) is 41.5 Å². The Labute approximate surface area is 134 Å². The van der Waals surface area contributed by atoms with Crippen LogP contribution < -0.4 is 5.32 Å². The van der Waals surface area contributed by atoms with Crippen LogP contribution in [0, 0.1) is 10.8 Å². The molecule has 0 saturated carbocycles. The van der Waals surface area contributed by atoms with Gasteiger partial charge in [-0.2, -0.15) is 13.2 Å². The summed E-state index contributed by atoms with van der Waals surface area (Å²) in [4.78, 5) is 0. The Hall–Kier alpha value is -1.11. The van der Waals surface area contributed by atoms with Crippen LogP contribution in [-0.4, -0.2) is 31.5 Å². The molecular weight excluding hydrogens is 307 g/mol. The molecule has 1 fully saturated rings. The molecule has 1 saturated heterocycles. The molecule has 0 radical (unpaired) electrons. The van der Waals surface area contributed by atoms with Gasteiger partial charge in [0.2, 0.25) is 0 Å². The van der Waals surface area contributed by atoms with Crippen molar-refractivity contribution in [2.24, 2.45) is 10.8 Å². The zero-order chi connectivity index (χ0) is 17.3. The molecule has 1 heterocycles. The van der Waals surface area contributed by atoms with Gasteiger partial charge in [-0.15, -0.1) is 0 Å². The van der Waals surface area contributed by atoms with E-state index in [1.54, 1.807) is 6.07 Å². The molecule has 0 bridgehead atoms. The van der Waals surface area contributed by atoms with E-state index in [9.17, 15) is 18.3 Å². The number of benzene rings is 1. The Morgan fingerprint density at radius 1 is 1.26 bits per heavy atom. The SMILES string of the molecule is CC(C)(C)C(NCC1(CO)COC1)c1cccc(C(F)(F)F)c1. The minimum Gasteiger partial charge on any atom is -0.396 e. The van der Waals surface area contributed by atoms with Crippen molar-refractivity contribution in [2.45, 2.75) is 33.0 Å². The van der Waals surface area contributed by atoms with Crippen LogP contribution in [0.1, 0.15) is 37.9 Å². The molecule has 0 aromatic heterocycles. The molecule has 0 spiro atoms. The Bertz CT molecular complexity index is 528. The third-order valence-electron chi connectivity index (χ3n) is 4.25. The number of halogens is 3. The predicted octanol–water partition coefficient (Wildman–Crippen LogP) is 3.39. The van der Waals surface area contributed by atoms with Gasteiger partial charge in [0.05, 0.1) is 30.8 Å². The van der Waals surface area contributed by atoms with E-state index in [0.717, 1.165) is 6.07 Å². The molecular formula is C17H24F3NO2.